The summed E-state index contributed by atoms with van der Waals surface area (Å²) in [6, 6.07) is 0. The third kappa shape index (κ3) is 1.92. The Balaban J connectivity index is 2.79. The van der Waals surface area contributed by atoms with Crippen LogP contribution in [0.5, 0.6) is 0 Å². The Bertz CT molecular complexity index is 683. The van der Waals surface area contributed by atoms with Crippen molar-refractivity contribution in [2.75, 3.05) is 5.33 Å². The van der Waals surface area contributed by atoms with Crippen LogP contribution in [0, 0.1) is 0 Å². The van der Waals surface area contributed by atoms with E-state index in [0.29, 0.717) is 24.3 Å². The molecule has 2 aromatic rings. The van der Waals surface area contributed by atoms with Gasteiger partial charge in [0.1, 0.15) is 0 Å². The zero-order valence-corrected chi connectivity index (χ0v) is 12.0. The third-order valence-corrected chi connectivity index (χ3v) is 3.52. The smallest absolute Gasteiger partial charge is 0.325 e. The van der Waals surface area contributed by atoms with Crippen LogP contribution in [0.15, 0.2) is 15.9 Å². The first-order valence-corrected chi connectivity index (χ1v) is 6.94. The molecule has 0 atom stereocenters. The van der Waals surface area contributed by atoms with E-state index in [-0.39, 0.29) is 11.2 Å². The molecule has 0 bridgehead atoms. The molecule has 0 fully saturated rings. The molecule has 98 valence electrons. The first kappa shape index (κ1) is 13.1. The first-order valence-electron chi connectivity index (χ1n) is 5.82. The molecule has 0 radical (unpaired) electrons. The summed E-state index contributed by atoms with van der Waals surface area (Å²) in [5.41, 5.74) is 0.374. The minimum Gasteiger partial charge on any atom is -0.325 e. The van der Waals surface area contributed by atoms with Crippen LogP contribution >= 0.6 is 15.9 Å². The van der Waals surface area contributed by atoms with E-state index in [1.165, 1.54) is 9.13 Å². The fourth-order valence-electron chi connectivity index (χ4n) is 1.98. The van der Waals surface area contributed by atoms with Crippen molar-refractivity contribution in [3.05, 3.63) is 27.2 Å². The summed E-state index contributed by atoms with van der Waals surface area (Å²) < 4.78 is 4.47. The Hall–Kier alpha value is -1.37. The molecule has 0 amide bonds. The summed E-state index contributed by atoms with van der Waals surface area (Å²) in [7, 11) is 1.64. The molecule has 6 nitrogen and oxygen atoms in total. The van der Waals surface area contributed by atoms with Crippen LogP contribution in [-0.4, -0.2) is 24.0 Å². The average Bonchev–Trinajstić information content (AvgIpc) is 2.80. The van der Waals surface area contributed by atoms with E-state index < -0.39 is 0 Å². The molecule has 0 aliphatic rings. The second-order valence-corrected chi connectivity index (χ2v) is 4.84. The predicted octanol–water partition coefficient (Wildman–Crippen LogP) is 0.702. The highest BCUT2D eigenvalue weighted by atomic mass is 79.9. The van der Waals surface area contributed by atoms with Gasteiger partial charge in [-0.15, -0.1) is 0 Å². The van der Waals surface area contributed by atoms with Crippen molar-refractivity contribution >= 4 is 27.1 Å². The number of hydrogen-bond donors (Lipinski definition) is 0. The molecular weight excluding hydrogens is 300 g/mol. The Morgan fingerprint density at radius 3 is 2.72 bits per heavy atom. The second-order valence-electron chi connectivity index (χ2n) is 4.04. The van der Waals surface area contributed by atoms with Crippen LogP contribution in [0.1, 0.15) is 13.3 Å². The van der Waals surface area contributed by atoms with Gasteiger partial charge < -0.3 is 4.57 Å². The fraction of sp³-hybridized carbons (Fsp3) is 0.545. The molecule has 0 aromatic carbocycles. The van der Waals surface area contributed by atoms with E-state index in [9.17, 15) is 9.59 Å². The minimum absolute atomic E-state index is 0.256. The van der Waals surface area contributed by atoms with Gasteiger partial charge in [-0.05, 0) is 13.3 Å². The van der Waals surface area contributed by atoms with E-state index in [2.05, 4.69) is 20.9 Å². The van der Waals surface area contributed by atoms with Gasteiger partial charge in [-0.1, -0.05) is 15.9 Å². The number of halogens is 1. The van der Waals surface area contributed by atoms with Gasteiger partial charge in [0.2, 0.25) is 0 Å². The van der Waals surface area contributed by atoms with Crippen LogP contribution in [0.25, 0.3) is 11.2 Å². The standard InChI is InChI=1S/C11H15BrN4O2/c1-3-15-7-13-9-8(15)10(17)16(6-4-5-12)11(18)14(9)2/h7H,3-6H2,1-2H3. The number of nitrogens with zero attached hydrogens (tertiary/aromatic N) is 4. The molecule has 0 unspecified atom stereocenters. The number of fused-ring (bicyclic) bond motifs is 1. The molecule has 7 heteroatoms. The lowest BCUT2D eigenvalue weighted by atomic mass is 10.4. The van der Waals surface area contributed by atoms with Gasteiger partial charge in [-0.25, -0.2) is 9.78 Å². The zero-order valence-electron chi connectivity index (χ0n) is 10.4. The van der Waals surface area contributed by atoms with Crippen molar-refractivity contribution < 1.29 is 0 Å². The lowest BCUT2D eigenvalue weighted by Crippen LogP contribution is -2.39. The van der Waals surface area contributed by atoms with E-state index in [0.717, 1.165) is 11.8 Å². The minimum atomic E-state index is -0.310. The maximum atomic E-state index is 12.3. The number of aromatic nitrogens is 4. The van der Waals surface area contributed by atoms with Gasteiger partial charge in [0.05, 0.1) is 6.33 Å². The van der Waals surface area contributed by atoms with Crippen molar-refractivity contribution in [3.63, 3.8) is 0 Å². The second kappa shape index (κ2) is 5.09. The van der Waals surface area contributed by atoms with Crippen LogP contribution in [0.3, 0.4) is 0 Å². The molecule has 0 aliphatic carbocycles. The summed E-state index contributed by atoms with van der Waals surface area (Å²) >= 11 is 3.30. The maximum Gasteiger partial charge on any atom is 0.332 e. The van der Waals surface area contributed by atoms with Gasteiger partial charge >= 0.3 is 5.69 Å². The van der Waals surface area contributed by atoms with Crippen molar-refractivity contribution in [1.82, 2.24) is 18.7 Å². The molecule has 0 spiro atoms. The van der Waals surface area contributed by atoms with Crippen LogP contribution in [0.4, 0.5) is 0 Å². The van der Waals surface area contributed by atoms with Crippen molar-refractivity contribution in [2.24, 2.45) is 7.05 Å². The Kier molecular flexibility index (Phi) is 3.70. The topological polar surface area (TPSA) is 61.8 Å². The lowest BCUT2D eigenvalue weighted by molar-refractivity contribution is 0.594. The van der Waals surface area contributed by atoms with Crippen molar-refractivity contribution in [3.8, 4) is 0 Å². The Labute approximate surface area is 112 Å². The number of hydrogen-bond acceptors (Lipinski definition) is 3. The molecule has 0 saturated heterocycles. The SMILES string of the molecule is CCn1cnc2c1c(=O)n(CCCBr)c(=O)n2C. The number of aryl methyl sites for hydroxylation is 2. The van der Waals surface area contributed by atoms with E-state index in [1.807, 2.05) is 6.92 Å². The molecule has 0 saturated carbocycles. The summed E-state index contributed by atoms with van der Waals surface area (Å²) in [5, 5.41) is 0.758. The van der Waals surface area contributed by atoms with Crippen molar-refractivity contribution in [2.45, 2.75) is 26.4 Å². The number of alkyl halides is 1. The summed E-state index contributed by atoms with van der Waals surface area (Å²) in [5.74, 6) is 0. The molecule has 2 aromatic heterocycles. The van der Waals surface area contributed by atoms with E-state index in [1.54, 1.807) is 17.9 Å². The summed E-state index contributed by atoms with van der Waals surface area (Å²) in [4.78, 5) is 28.5. The Morgan fingerprint density at radius 1 is 1.39 bits per heavy atom. The average molecular weight is 315 g/mol. The zero-order chi connectivity index (χ0) is 13.3. The summed E-state index contributed by atoms with van der Waals surface area (Å²) in [6.45, 7) is 3.01. The quantitative estimate of drug-likeness (QED) is 0.781. The highest BCUT2D eigenvalue weighted by molar-refractivity contribution is 9.09. The molecule has 2 heterocycles. The third-order valence-electron chi connectivity index (χ3n) is 2.96. The summed E-state index contributed by atoms with van der Waals surface area (Å²) in [6.07, 6.45) is 2.33. The van der Waals surface area contributed by atoms with Crippen LogP contribution < -0.4 is 11.2 Å². The van der Waals surface area contributed by atoms with Gasteiger partial charge in [0.15, 0.2) is 11.2 Å². The van der Waals surface area contributed by atoms with Gasteiger partial charge in [-0.2, -0.15) is 0 Å². The molecular formula is C11H15BrN4O2. The predicted molar refractivity (Wildman–Crippen MR) is 73.3 cm³/mol. The number of imidazole rings is 1. The van der Waals surface area contributed by atoms with Gasteiger partial charge in [-0.3, -0.25) is 13.9 Å². The van der Waals surface area contributed by atoms with E-state index in [4.69, 9.17) is 0 Å². The highest BCUT2D eigenvalue weighted by Gasteiger charge is 2.14. The van der Waals surface area contributed by atoms with Crippen molar-refractivity contribution in [1.29, 1.82) is 0 Å². The number of rotatable bonds is 4. The normalized spacial score (nSPS) is 11.3. The largest absolute Gasteiger partial charge is 0.332 e. The maximum absolute atomic E-state index is 12.3. The first-order chi connectivity index (χ1) is 8.61. The monoisotopic (exact) mass is 314 g/mol. The Morgan fingerprint density at radius 2 is 2.11 bits per heavy atom. The molecule has 2 rings (SSSR count). The fourth-order valence-corrected chi connectivity index (χ4v) is 2.23. The molecule has 0 N–H and O–H groups in total. The van der Waals surface area contributed by atoms with Gasteiger partial charge in [0.25, 0.3) is 5.56 Å². The van der Waals surface area contributed by atoms with Crippen LogP contribution in [0.2, 0.25) is 0 Å². The molecule has 18 heavy (non-hydrogen) atoms. The lowest BCUT2D eigenvalue weighted by Gasteiger charge is -2.08. The van der Waals surface area contributed by atoms with E-state index >= 15 is 0 Å². The highest BCUT2D eigenvalue weighted by Crippen LogP contribution is 2.05. The molecule has 0 aliphatic heterocycles. The van der Waals surface area contributed by atoms with Gasteiger partial charge in [0, 0.05) is 25.5 Å². The van der Waals surface area contributed by atoms with Crippen LogP contribution in [-0.2, 0) is 20.1 Å².